The van der Waals surface area contributed by atoms with Crippen molar-refractivity contribution in [2.45, 2.75) is 33.2 Å². The standard InChI is InChI=1S/C22H23F3N4O2/c1-13-7-14(2)9-17(8-13)27-20-11-19(28-21(29-20)26-15(3)12-30)16-5-4-6-18(10-16)31-22(23,24)25/h4-11,15,30H,12H2,1-3H3,(H2,26,27,28,29)/t15-/m0/s1. The molecule has 3 rings (SSSR count). The van der Waals surface area contributed by atoms with Crippen LogP contribution in [0.15, 0.2) is 48.5 Å². The summed E-state index contributed by atoms with van der Waals surface area (Å²) in [5.74, 6) is 0.337. The minimum atomic E-state index is -4.79. The number of aliphatic hydroxyl groups excluding tert-OH is 1. The molecule has 0 amide bonds. The highest BCUT2D eigenvalue weighted by molar-refractivity contribution is 5.68. The first-order chi connectivity index (χ1) is 14.6. The Balaban J connectivity index is 2.00. The summed E-state index contributed by atoms with van der Waals surface area (Å²) in [7, 11) is 0. The molecule has 0 saturated heterocycles. The van der Waals surface area contributed by atoms with E-state index in [4.69, 9.17) is 0 Å². The van der Waals surface area contributed by atoms with Crippen LogP contribution >= 0.6 is 0 Å². The zero-order valence-corrected chi connectivity index (χ0v) is 17.3. The average Bonchev–Trinajstić information content (AvgIpc) is 2.65. The predicted octanol–water partition coefficient (Wildman–Crippen LogP) is 5.20. The normalized spacial score (nSPS) is 12.4. The molecule has 1 aromatic heterocycles. The molecule has 9 heteroatoms. The zero-order chi connectivity index (χ0) is 22.6. The Morgan fingerprint density at radius 2 is 1.74 bits per heavy atom. The van der Waals surface area contributed by atoms with Crippen molar-refractivity contribution in [1.29, 1.82) is 0 Å². The Morgan fingerprint density at radius 1 is 1.03 bits per heavy atom. The lowest BCUT2D eigenvalue weighted by Gasteiger charge is -2.15. The molecule has 164 valence electrons. The summed E-state index contributed by atoms with van der Waals surface area (Å²) in [5, 5.41) is 15.5. The van der Waals surface area contributed by atoms with Crippen LogP contribution in [0.2, 0.25) is 0 Å². The molecule has 3 aromatic rings. The van der Waals surface area contributed by atoms with Crippen LogP contribution in [-0.2, 0) is 0 Å². The van der Waals surface area contributed by atoms with Crippen molar-refractivity contribution in [3.05, 3.63) is 59.7 Å². The monoisotopic (exact) mass is 432 g/mol. The number of ether oxygens (including phenoxy) is 1. The highest BCUT2D eigenvalue weighted by Crippen LogP contribution is 2.29. The number of hydrogen-bond donors (Lipinski definition) is 3. The quantitative estimate of drug-likeness (QED) is 0.477. The lowest BCUT2D eigenvalue weighted by molar-refractivity contribution is -0.274. The summed E-state index contributed by atoms with van der Waals surface area (Å²) in [6, 6.07) is 12.8. The van der Waals surface area contributed by atoms with E-state index in [1.807, 2.05) is 32.0 Å². The van der Waals surface area contributed by atoms with Crippen LogP contribution < -0.4 is 15.4 Å². The minimum absolute atomic E-state index is 0.137. The van der Waals surface area contributed by atoms with Gasteiger partial charge >= 0.3 is 6.36 Å². The van der Waals surface area contributed by atoms with Crippen molar-refractivity contribution in [2.75, 3.05) is 17.2 Å². The van der Waals surface area contributed by atoms with Gasteiger partial charge in [0.15, 0.2) is 0 Å². The van der Waals surface area contributed by atoms with Gasteiger partial charge in [0.1, 0.15) is 11.6 Å². The molecule has 0 saturated carbocycles. The summed E-state index contributed by atoms with van der Waals surface area (Å²) in [4.78, 5) is 8.82. The molecule has 0 unspecified atom stereocenters. The van der Waals surface area contributed by atoms with E-state index >= 15 is 0 Å². The fourth-order valence-electron chi connectivity index (χ4n) is 3.04. The van der Waals surface area contributed by atoms with Gasteiger partial charge in [0.2, 0.25) is 5.95 Å². The molecule has 0 aliphatic rings. The Morgan fingerprint density at radius 3 is 2.39 bits per heavy atom. The van der Waals surface area contributed by atoms with E-state index in [2.05, 4.69) is 25.3 Å². The Hall–Kier alpha value is -3.33. The lowest BCUT2D eigenvalue weighted by atomic mass is 10.1. The number of aryl methyl sites for hydroxylation is 2. The minimum Gasteiger partial charge on any atom is -0.406 e. The maximum atomic E-state index is 12.6. The molecule has 31 heavy (non-hydrogen) atoms. The number of aromatic nitrogens is 2. The molecule has 0 aliphatic carbocycles. The van der Waals surface area contributed by atoms with Crippen molar-refractivity contribution in [2.24, 2.45) is 0 Å². The third kappa shape index (κ3) is 6.58. The molecular formula is C22H23F3N4O2. The number of benzene rings is 2. The number of hydrogen-bond acceptors (Lipinski definition) is 6. The van der Waals surface area contributed by atoms with Gasteiger partial charge in [0.05, 0.1) is 12.3 Å². The van der Waals surface area contributed by atoms with Crippen LogP contribution in [0.3, 0.4) is 0 Å². The van der Waals surface area contributed by atoms with E-state index < -0.39 is 6.36 Å². The molecule has 0 fully saturated rings. The molecular weight excluding hydrogens is 409 g/mol. The first-order valence-corrected chi connectivity index (χ1v) is 9.59. The van der Waals surface area contributed by atoms with E-state index in [0.29, 0.717) is 17.1 Å². The van der Waals surface area contributed by atoms with Gasteiger partial charge in [-0.2, -0.15) is 4.98 Å². The summed E-state index contributed by atoms with van der Waals surface area (Å²) in [6.45, 7) is 5.57. The van der Waals surface area contributed by atoms with Crippen LogP contribution in [0.4, 0.5) is 30.6 Å². The topological polar surface area (TPSA) is 79.3 Å². The smallest absolute Gasteiger partial charge is 0.406 e. The maximum absolute atomic E-state index is 12.6. The second-order valence-electron chi connectivity index (χ2n) is 7.27. The van der Waals surface area contributed by atoms with Crippen LogP contribution in [0, 0.1) is 13.8 Å². The van der Waals surface area contributed by atoms with Crippen molar-refractivity contribution in [1.82, 2.24) is 9.97 Å². The van der Waals surface area contributed by atoms with Crippen molar-refractivity contribution >= 4 is 17.5 Å². The van der Waals surface area contributed by atoms with E-state index in [1.54, 1.807) is 19.1 Å². The molecule has 3 N–H and O–H groups in total. The van der Waals surface area contributed by atoms with Crippen molar-refractivity contribution in [3.8, 4) is 17.0 Å². The largest absolute Gasteiger partial charge is 0.573 e. The van der Waals surface area contributed by atoms with E-state index in [9.17, 15) is 18.3 Å². The molecule has 2 aromatic carbocycles. The lowest BCUT2D eigenvalue weighted by Crippen LogP contribution is -2.21. The predicted molar refractivity (Wildman–Crippen MR) is 114 cm³/mol. The Bertz CT molecular complexity index is 1040. The molecule has 0 aliphatic heterocycles. The third-order valence-corrected chi connectivity index (χ3v) is 4.23. The van der Waals surface area contributed by atoms with Crippen LogP contribution in [0.25, 0.3) is 11.3 Å². The number of halogens is 3. The summed E-state index contributed by atoms with van der Waals surface area (Å²) in [5.41, 5.74) is 3.77. The van der Waals surface area contributed by atoms with Gasteiger partial charge in [0.25, 0.3) is 0 Å². The van der Waals surface area contributed by atoms with Gasteiger partial charge in [-0.25, -0.2) is 4.98 Å². The molecule has 0 spiro atoms. The van der Waals surface area contributed by atoms with Gasteiger partial charge < -0.3 is 20.5 Å². The highest BCUT2D eigenvalue weighted by Gasteiger charge is 2.31. The van der Waals surface area contributed by atoms with Gasteiger partial charge in [0, 0.05) is 23.4 Å². The Labute approximate surface area is 178 Å². The Kier molecular flexibility index (Phi) is 6.65. The second kappa shape index (κ2) is 9.22. The number of rotatable bonds is 7. The van der Waals surface area contributed by atoms with E-state index in [1.165, 1.54) is 18.2 Å². The summed E-state index contributed by atoms with van der Waals surface area (Å²) < 4.78 is 41.8. The summed E-state index contributed by atoms with van der Waals surface area (Å²) >= 11 is 0. The maximum Gasteiger partial charge on any atom is 0.573 e. The molecule has 1 heterocycles. The van der Waals surface area contributed by atoms with Crippen LogP contribution in [-0.4, -0.2) is 34.1 Å². The highest BCUT2D eigenvalue weighted by atomic mass is 19.4. The van der Waals surface area contributed by atoms with Gasteiger partial charge in [-0.05, 0) is 56.2 Å². The first-order valence-electron chi connectivity index (χ1n) is 9.59. The molecule has 0 bridgehead atoms. The van der Waals surface area contributed by atoms with Gasteiger partial charge in [-0.1, -0.05) is 18.2 Å². The van der Waals surface area contributed by atoms with Gasteiger partial charge in [-0.3, -0.25) is 0 Å². The fraction of sp³-hybridized carbons (Fsp3) is 0.273. The zero-order valence-electron chi connectivity index (χ0n) is 17.3. The number of aliphatic hydroxyl groups is 1. The van der Waals surface area contributed by atoms with E-state index in [-0.39, 0.29) is 24.3 Å². The number of nitrogens with zero attached hydrogens (tertiary/aromatic N) is 2. The first kappa shape index (κ1) is 22.4. The number of nitrogens with one attached hydrogen (secondary N) is 2. The van der Waals surface area contributed by atoms with E-state index in [0.717, 1.165) is 16.8 Å². The second-order valence-corrected chi connectivity index (χ2v) is 7.27. The average molecular weight is 432 g/mol. The van der Waals surface area contributed by atoms with Crippen molar-refractivity contribution in [3.63, 3.8) is 0 Å². The van der Waals surface area contributed by atoms with Gasteiger partial charge in [-0.15, -0.1) is 13.2 Å². The third-order valence-electron chi connectivity index (χ3n) is 4.23. The SMILES string of the molecule is Cc1cc(C)cc(Nc2cc(-c3cccc(OC(F)(F)F)c3)nc(N[C@@H](C)CO)n2)c1. The molecule has 0 radical (unpaired) electrons. The number of anilines is 3. The summed E-state index contributed by atoms with van der Waals surface area (Å²) in [6.07, 6.45) is -4.79. The van der Waals surface area contributed by atoms with Crippen molar-refractivity contribution < 1.29 is 23.0 Å². The fourth-order valence-corrected chi connectivity index (χ4v) is 3.04. The van der Waals surface area contributed by atoms with Crippen LogP contribution in [0.1, 0.15) is 18.1 Å². The van der Waals surface area contributed by atoms with Crippen LogP contribution in [0.5, 0.6) is 5.75 Å². The molecule has 1 atom stereocenters. The number of alkyl halides is 3. The molecule has 6 nitrogen and oxygen atoms in total.